The van der Waals surface area contributed by atoms with Gasteiger partial charge in [0.1, 0.15) is 16.4 Å². The van der Waals surface area contributed by atoms with E-state index in [1.54, 1.807) is 13.8 Å². The maximum atomic E-state index is 13.0. The lowest BCUT2D eigenvalue weighted by atomic mass is 10.1. The van der Waals surface area contributed by atoms with Crippen LogP contribution in [0.15, 0.2) is 9.31 Å². The van der Waals surface area contributed by atoms with Crippen LogP contribution in [-0.4, -0.2) is 38.0 Å². The van der Waals surface area contributed by atoms with Gasteiger partial charge in [0, 0.05) is 18.7 Å². The summed E-state index contributed by atoms with van der Waals surface area (Å²) < 4.78 is 38.3. The third-order valence-electron chi connectivity index (χ3n) is 3.65. The molecule has 0 spiro atoms. The molecule has 0 amide bonds. The molecule has 1 fully saturated rings. The Morgan fingerprint density at radius 3 is 2.50 bits per heavy atom. The van der Waals surface area contributed by atoms with E-state index in [1.165, 1.54) is 4.31 Å². The van der Waals surface area contributed by atoms with Crippen LogP contribution in [0.4, 0.5) is 0 Å². The van der Waals surface area contributed by atoms with Crippen LogP contribution in [0.1, 0.15) is 30.9 Å². The molecule has 1 aromatic heterocycles. The van der Waals surface area contributed by atoms with E-state index in [1.807, 2.05) is 13.8 Å². The molecule has 0 aromatic carbocycles. The van der Waals surface area contributed by atoms with E-state index >= 15 is 0 Å². The van der Waals surface area contributed by atoms with E-state index < -0.39 is 15.6 Å². The summed E-state index contributed by atoms with van der Waals surface area (Å²) in [5, 5.41) is 0. The zero-order valence-electron chi connectivity index (χ0n) is 12.4. The molecule has 20 heavy (non-hydrogen) atoms. The third kappa shape index (κ3) is 2.39. The van der Waals surface area contributed by atoms with Crippen LogP contribution in [0, 0.1) is 13.8 Å². The highest BCUT2D eigenvalue weighted by atomic mass is 32.2. The first-order chi connectivity index (χ1) is 9.21. The van der Waals surface area contributed by atoms with Gasteiger partial charge in [0.15, 0.2) is 0 Å². The van der Waals surface area contributed by atoms with E-state index in [9.17, 15) is 8.42 Å². The van der Waals surface area contributed by atoms with Gasteiger partial charge in [-0.1, -0.05) is 0 Å². The van der Waals surface area contributed by atoms with Gasteiger partial charge in [-0.25, -0.2) is 8.42 Å². The fourth-order valence-electron chi connectivity index (χ4n) is 2.68. The van der Waals surface area contributed by atoms with Crippen molar-refractivity contribution in [2.24, 2.45) is 5.73 Å². The van der Waals surface area contributed by atoms with Crippen molar-refractivity contribution >= 4 is 10.0 Å². The summed E-state index contributed by atoms with van der Waals surface area (Å²) in [5.41, 5.74) is 5.67. The molecule has 1 aliphatic rings. The van der Waals surface area contributed by atoms with Crippen molar-refractivity contribution < 1.29 is 17.6 Å². The van der Waals surface area contributed by atoms with Crippen molar-refractivity contribution in [3.05, 3.63) is 17.1 Å². The maximum absolute atomic E-state index is 13.0. The lowest BCUT2D eigenvalue weighted by Crippen LogP contribution is -2.55. The molecular formula is C13H22N2O4S. The minimum atomic E-state index is -3.64. The zero-order valence-corrected chi connectivity index (χ0v) is 13.2. The summed E-state index contributed by atoms with van der Waals surface area (Å²) in [6, 6.07) is 0. The van der Waals surface area contributed by atoms with Crippen molar-refractivity contribution in [2.75, 3.05) is 19.8 Å². The van der Waals surface area contributed by atoms with Gasteiger partial charge in [0.2, 0.25) is 10.0 Å². The van der Waals surface area contributed by atoms with Crippen LogP contribution in [0.5, 0.6) is 0 Å². The van der Waals surface area contributed by atoms with E-state index in [2.05, 4.69) is 0 Å². The van der Waals surface area contributed by atoms with Crippen LogP contribution in [-0.2, 0) is 21.3 Å². The standard InChI is InChI=1S/C13H22N2O4S/c1-9-11(7-14)12(10(2)19-9)20(16,17)15-5-6-18-8-13(15,3)4/h5-8,14H2,1-4H3. The quantitative estimate of drug-likeness (QED) is 0.905. The van der Waals surface area contributed by atoms with E-state index in [4.69, 9.17) is 14.9 Å². The molecule has 0 atom stereocenters. The summed E-state index contributed by atoms with van der Waals surface area (Å²) in [5.74, 6) is 0.958. The van der Waals surface area contributed by atoms with Crippen LogP contribution < -0.4 is 5.73 Å². The normalized spacial score (nSPS) is 20.2. The molecule has 0 bridgehead atoms. The smallest absolute Gasteiger partial charge is 0.247 e. The lowest BCUT2D eigenvalue weighted by molar-refractivity contribution is -0.00775. The van der Waals surface area contributed by atoms with Gasteiger partial charge < -0.3 is 14.9 Å². The second-order valence-electron chi connectivity index (χ2n) is 5.67. The minimum Gasteiger partial charge on any atom is -0.465 e. The molecule has 0 radical (unpaired) electrons. The number of nitrogens with two attached hydrogens (primary N) is 1. The number of hydrogen-bond donors (Lipinski definition) is 1. The minimum absolute atomic E-state index is 0.141. The number of ether oxygens (including phenoxy) is 1. The Balaban J connectivity index is 2.56. The molecule has 1 aromatic rings. The predicted octanol–water partition coefficient (Wildman–Crippen LogP) is 1.15. The van der Waals surface area contributed by atoms with E-state index in [-0.39, 0.29) is 11.4 Å². The molecule has 2 rings (SSSR count). The number of morpholine rings is 1. The highest BCUT2D eigenvalue weighted by Gasteiger charge is 2.42. The van der Waals surface area contributed by atoms with Gasteiger partial charge in [-0.2, -0.15) is 4.31 Å². The average molecular weight is 302 g/mol. The number of aryl methyl sites for hydroxylation is 2. The first-order valence-corrected chi connectivity index (χ1v) is 8.05. The number of hydrogen-bond acceptors (Lipinski definition) is 5. The summed E-state index contributed by atoms with van der Waals surface area (Å²) in [6.07, 6.45) is 0. The molecule has 114 valence electrons. The van der Waals surface area contributed by atoms with E-state index in [0.717, 1.165) is 0 Å². The topological polar surface area (TPSA) is 85.8 Å². The molecule has 1 saturated heterocycles. The van der Waals surface area contributed by atoms with Crippen molar-refractivity contribution in [1.29, 1.82) is 0 Å². The third-order valence-corrected chi connectivity index (χ3v) is 5.95. The van der Waals surface area contributed by atoms with Crippen LogP contribution in [0.2, 0.25) is 0 Å². The van der Waals surface area contributed by atoms with Crippen LogP contribution in [0.3, 0.4) is 0 Å². The van der Waals surface area contributed by atoms with Gasteiger partial charge in [-0.05, 0) is 27.7 Å². The summed E-state index contributed by atoms with van der Waals surface area (Å²) in [7, 11) is -3.64. The van der Waals surface area contributed by atoms with Crippen molar-refractivity contribution in [1.82, 2.24) is 4.31 Å². The Labute approximate surface area is 119 Å². The number of rotatable bonds is 3. The first kappa shape index (κ1) is 15.5. The van der Waals surface area contributed by atoms with Gasteiger partial charge in [-0.15, -0.1) is 0 Å². The molecule has 1 aliphatic heterocycles. The van der Waals surface area contributed by atoms with Crippen LogP contribution >= 0.6 is 0 Å². The first-order valence-electron chi connectivity index (χ1n) is 6.61. The van der Waals surface area contributed by atoms with Crippen molar-refractivity contribution in [3.63, 3.8) is 0 Å². The molecule has 7 heteroatoms. The van der Waals surface area contributed by atoms with E-state index in [0.29, 0.717) is 36.8 Å². The Kier molecular flexibility index (Phi) is 3.98. The molecule has 2 heterocycles. The SMILES string of the molecule is Cc1oc(C)c(S(=O)(=O)N2CCOCC2(C)C)c1CN. The molecule has 0 saturated carbocycles. The highest BCUT2D eigenvalue weighted by Crippen LogP contribution is 2.33. The average Bonchev–Trinajstić information content (AvgIpc) is 2.63. The van der Waals surface area contributed by atoms with Gasteiger partial charge in [0.05, 0.1) is 18.8 Å². The number of furan rings is 1. The fraction of sp³-hybridized carbons (Fsp3) is 0.692. The fourth-order valence-corrected chi connectivity index (χ4v) is 4.87. The largest absolute Gasteiger partial charge is 0.465 e. The molecule has 2 N–H and O–H groups in total. The van der Waals surface area contributed by atoms with Gasteiger partial charge >= 0.3 is 0 Å². The number of nitrogens with zero attached hydrogens (tertiary/aromatic N) is 1. The highest BCUT2D eigenvalue weighted by molar-refractivity contribution is 7.89. The van der Waals surface area contributed by atoms with Crippen LogP contribution in [0.25, 0.3) is 0 Å². The van der Waals surface area contributed by atoms with Gasteiger partial charge in [0.25, 0.3) is 0 Å². The molecule has 0 unspecified atom stereocenters. The predicted molar refractivity (Wildman–Crippen MR) is 74.9 cm³/mol. The Bertz CT molecular complexity index is 604. The van der Waals surface area contributed by atoms with Crippen molar-refractivity contribution in [2.45, 2.75) is 44.7 Å². The van der Waals surface area contributed by atoms with Crippen molar-refractivity contribution in [3.8, 4) is 0 Å². The summed E-state index contributed by atoms with van der Waals surface area (Å²) in [4.78, 5) is 0.215. The Morgan fingerprint density at radius 1 is 1.30 bits per heavy atom. The number of sulfonamides is 1. The Hall–Kier alpha value is -0.890. The van der Waals surface area contributed by atoms with Gasteiger partial charge in [-0.3, -0.25) is 0 Å². The molecular weight excluding hydrogens is 280 g/mol. The molecule has 6 nitrogen and oxygen atoms in total. The summed E-state index contributed by atoms with van der Waals surface area (Å²) in [6.45, 7) is 8.36. The molecule has 0 aliphatic carbocycles. The second-order valence-corrected chi connectivity index (χ2v) is 7.47. The second kappa shape index (κ2) is 5.14. The maximum Gasteiger partial charge on any atom is 0.247 e. The summed E-state index contributed by atoms with van der Waals surface area (Å²) >= 11 is 0. The monoisotopic (exact) mass is 302 g/mol. The zero-order chi connectivity index (χ0) is 15.1. The Morgan fingerprint density at radius 2 is 1.95 bits per heavy atom. The lowest BCUT2D eigenvalue weighted by Gasteiger charge is -2.40.